The van der Waals surface area contributed by atoms with Crippen LogP contribution in [0.15, 0.2) is 47.6 Å². The highest BCUT2D eigenvalue weighted by Gasteiger charge is 2.30. The molecule has 0 bridgehead atoms. The Balaban J connectivity index is 0.00000341. The zero-order valence-electron chi connectivity index (χ0n) is 17.6. The summed E-state index contributed by atoms with van der Waals surface area (Å²) in [5.41, 5.74) is 0.872. The number of likely N-dealkylation sites (N-methyl/N-ethyl adjacent to an activating group) is 1. The third kappa shape index (κ3) is 7.53. The fourth-order valence-corrected chi connectivity index (χ4v) is 3.19. The van der Waals surface area contributed by atoms with Crippen molar-refractivity contribution in [1.29, 1.82) is 0 Å². The van der Waals surface area contributed by atoms with Crippen molar-refractivity contribution in [2.24, 2.45) is 4.99 Å². The van der Waals surface area contributed by atoms with E-state index in [0.29, 0.717) is 18.1 Å². The van der Waals surface area contributed by atoms with Crippen LogP contribution in [0.1, 0.15) is 16.7 Å². The monoisotopic (exact) mass is 548 g/mol. The summed E-state index contributed by atoms with van der Waals surface area (Å²) in [6.07, 6.45) is -2.51. The molecular formula is C21H28F3IN6. The van der Waals surface area contributed by atoms with Gasteiger partial charge >= 0.3 is 6.18 Å². The highest BCUT2D eigenvalue weighted by Crippen LogP contribution is 2.29. The van der Waals surface area contributed by atoms with Gasteiger partial charge in [-0.3, -0.25) is 4.99 Å². The Morgan fingerprint density at radius 1 is 1.03 bits per heavy atom. The molecule has 10 heteroatoms. The van der Waals surface area contributed by atoms with Crippen molar-refractivity contribution in [1.82, 2.24) is 20.5 Å². The zero-order valence-corrected chi connectivity index (χ0v) is 19.9. The summed E-state index contributed by atoms with van der Waals surface area (Å²) in [4.78, 5) is 13.3. The van der Waals surface area contributed by atoms with Gasteiger partial charge in [0.05, 0.1) is 5.56 Å². The number of rotatable bonds is 5. The third-order valence-electron chi connectivity index (χ3n) is 5.03. The molecule has 6 nitrogen and oxygen atoms in total. The minimum atomic E-state index is -4.35. The molecule has 1 aromatic heterocycles. The molecule has 0 amide bonds. The molecule has 1 aliphatic heterocycles. The Morgan fingerprint density at radius 2 is 1.71 bits per heavy atom. The average Bonchev–Trinajstić information content (AvgIpc) is 2.74. The van der Waals surface area contributed by atoms with Gasteiger partial charge in [-0.15, -0.1) is 24.0 Å². The summed E-state index contributed by atoms with van der Waals surface area (Å²) in [6, 6.07) is 9.30. The molecule has 2 heterocycles. The Bertz CT molecular complexity index is 849. The molecule has 2 N–H and O–H groups in total. The lowest BCUT2D eigenvalue weighted by Crippen LogP contribution is -2.44. The van der Waals surface area contributed by atoms with E-state index in [1.807, 2.05) is 18.3 Å². The van der Waals surface area contributed by atoms with Gasteiger partial charge in [-0.25, -0.2) is 4.98 Å². The van der Waals surface area contributed by atoms with E-state index >= 15 is 0 Å². The molecule has 0 spiro atoms. The lowest BCUT2D eigenvalue weighted by molar-refractivity contribution is -0.137. The lowest BCUT2D eigenvalue weighted by Gasteiger charge is -2.33. The maximum atomic E-state index is 12.8. The number of piperazine rings is 1. The van der Waals surface area contributed by atoms with Crippen LogP contribution >= 0.6 is 24.0 Å². The number of nitrogens with one attached hydrogen (secondary N) is 2. The number of hydrogen-bond acceptors (Lipinski definition) is 4. The van der Waals surface area contributed by atoms with E-state index in [4.69, 9.17) is 0 Å². The van der Waals surface area contributed by atoms with Crippen molar-refractivity contribution in [2.75, 3.05) is 45.2 Å². The van der Waals surface area contributed by atoms with Crippen molar-refractivity contribution in [3.63, 3.8) is 0 Å². The summed E-state index contributed by atoms with van der Waals surface area (Å²) in [5.74, 6) is 1.48. The van der Waals surface area contributed by atoms with E-state index in [-0.39, 0.29) is 30.5 Å². The van der Waals surface area contributed by atoms with Crippen LogP contribution in [0.2, 0.25) is 0 Å². The molecule has 170 valence electrons. The molecule has 1 saturated heterocycles. The van der Waals surface area contributed by atoms with E-state index in [1.54, 1.807) is 13.1 Å². The predicted molar refractivity (Wildman–Crippen MR) is 128 cm³/mol. The Kier molecular flexibility index (Phi) is 9.35. The van der Waals surface area contributed by atoms with Gasteiger partial charge < -0.3 is 20.4 Å². The number of aliphatic imine (C=N–C) groups is 1. The van der Waals surface area contributed by atoms with Gasteiger partial charge in [-0.2, -0.15) is 13.2 Å². The second-order valence-electron chi connectivity index (χ2n) is 7.29. The normalized spacial score (nSPS) is 15.4. The van der Waals surface area contributed by atoms with E-state index in [9.17, 15) is 13.2 Å². The first kappa shape index (κ1) is 25.2. The van der Waals surface area contributed by atoms with Gasteiger partial charge in [0, 0.05) is 52.5 Å². The average molecular weight is 548 g/mol. The topological polar surface area (TPSA) is 55.8 Å². The molecule has 0 radical (unpaired) electrons. The maximum Gasteiger partial charge on any atom is 0.416 e. The van der Waals surface area contributed by atoms with Crippen molar-refractivity contribution in [3.05, 3.63) is 59.3 Å². The van der Waals surface area contributed by atoms with Crippen LogP contribution in [-0.2, 0) is 19.3 Å². The Labute approximate surface area is 198 Å². The molecule has 31 heavy (non-hydrogen) atoms. The summed E-state index contributed by atoms with van der Waals surface area (Å²) in [6.45, 7) is 4.74. The van der Waals surface area contributed by atoms with Gasteiger partial charge in [0.15, 0.2) is 5.96 Å². The molecule has 2 aromatic rings. The van der Waals surface area contributed by atoms with Gasteiger partial charge in [0.2, 0.25) is 0 Å². The smallest absolute Gasteiger partial charge is 0.354 e. The molecule has 0 saturated carbocycles. The number of alkyl halides is 3. The molecular weight excluding hydrogens is 520 g/mol. The Hall–Kier alpha value is -2.08. The number of pyridine rings is 1. The van der Waals surface area contributed by atoms with Gasteiger partial charge in [-0.1, -0.05) is 18.2 Å². The standard InChI is InChI=1S/C21H27F3N6.HI/c1-25-20(27-13-16-4-3-5-18(12-16)21(22,23)24)28-15-17-6-7-19(26-14-17)30-10-8-29(2)9-11-30;/h3-7,12,14H,8-11,13,15H2,1-2H3,(H2,25,27,28);1H. The minimum Gasteiger partial charge on any atom is -0.354 e. The van der Waals surface area contributed by atoms with Crippen molar-refractivity contribution in [2.45, 2.75) is 19.3 Å². The number of hydrogen-bond donors (Lipinski definition) is 2. The van der Waals surface area contributed by atoms with Crippen LogP contribution in [0, 0.1) is 0 Å². The van der Waals surface area contributed by atoms with Crippen molar-refractivity contribution in [3.8, 4) is 0 Å². The Morgan fingerprint density at radius 3 is 2.29 bits per heavy atom. The largest absolute Gasteiger partial charge is 0.416 e. The highest BCUT2D eigenvalue weighted by molar-refractivity contribution is 14.0. The van der Waals surface area contributed by atoms with Crippen molar-refractivity contribution >= 4 is 35.8 Å². The molecule has 0 unspecified atom stereocenters. The molecule has 0 atom stereocenters. The fourth-order valence-electron chi connectivity index (χ4n) is 3.19. The minimum absolute atomic E-state index is 0. The maximum absolute atomic E-state index is 12.8. The fraction of sp³-hybridized carbons (Fsp3) is 0.429. The number of anilines is 1. The van der Waals surface area contributed by atoms with E-state index in [1.165, 1.54) is 6.07 Å². The van der Waals surface area contributed by atoms with Crippen LogP contribution in [-0.4, -0.2) is 56.1 Å². The second kappa shape index (κ2) is 11.5. The summed E-state index contributed by atoms with van der Waals surface area (Å²) in [5, 5.41) is 6.20. The molecule has 1 aliphatic rings. The van der Waals surface area contributed by atoms with E-state index in [2.05, 4.69) is 37.5 Å². The van der Waals surface area contributed by atoms with Crippen molar-refractivity contribution < 1.29 is 13.2 Å². The lowest BCUT2D eigenvalue weighted by atomic mass is 10.1. The van der Waals surface area contributed by atoms with E-state index in [0.717, 1.165) is 49.7 Å². The zero-order chi connectivity index (χ0) is 21.6. The molecule has 0 aliphatic carbocycles. The quantitative estimate of drug-likeness (QED) is 0.341. The first-order valence-corrected chi connectivity index (χ1v) is 9.84. The SMILES string of the molecule is CN=C(NCc1ccc(N2CCN(C)CC2)nc1)NCc1cccc(C(F)(F)F)c1.I. The number of nitrogens with zero attached hydrogens (tertiary/aromatic N) is 4. The number of guanidine groups is 1. The predicted octanol–water partition coefficient (Wildman–Crippen LogP) is 3.34. The van der Waals surface area contributed by atoms with Crippen LogP contribution < -0.4 is 15.5 Å². The first-order chi connectivity index (χ1) is 14.3. The molecule has 3 rings (SSSR count). The second-order valence-corrected chi connectivity index (χ2v) is 7.29. The molecule has 1 fully saturated rings. The number of halogens is 4. The van der Waals surface area contributed by atoms with Crippen LogP contribution in [0.4, 0.5) is 19.0 Å². The van der Waals surface area contributed by atoms with Crippen LogP contribution in [0.3, 0.4) is 0 Å². The molecule has 1 aromatic carbocycles. The summed E-state index contributed by atoms with van der Waals surface area (Å²) < 4.78 is 38.5. The van der Waals surface area contributed by atoms with Gasteiger partial charge in [0.1, 0.15) is 5.82 Å². The van der Waals surface area contributed by atoms with Crippen LogP contribution in [0.5, 0.6) is 0 Å². The van der Waals surface area contributed by atoms with Crippen LogP contribution in [0.25, 0.3) is 0 Å². The number of aromatic nitrogens is 1. The van der Waals surface area contributed by atoms with Gasteiger partial charge in [0.25, 0.3) is 0 Å². The highest BCUT2D eigenvalue weighted by atomic mass is 127. The first-order valence-electron chi connectivity index (χ1n) is 9.84. The summed E-state index contributed by atoms with van der Waals surface area (Å²) >= 11 is 0. The third-order valence-corrected chi connectivity index (χ3v) is 5.03. The van der Waals surface area contributed by atoms with Gasteiger partial charge in [-0.05, 0) is 36.4 Å². The summed E-state index contributed by atoms with van der Waals surface area (Å²) in [7, 11) is 3.74. The number of benzene rings is 1. The van der Waals surface area contributed by atoms with E-state index < -0.39 is 11.7 Å².